The van der Waals surface area contributed by atoms with E-state index in [1.165, 1.54) is 4.31 Å². The minimum atomic E-state index is -3.60. The van der Waals surface area contributed by atoms with Crippen molar-refractivity contribution in [3.8, 4) is 0 Å². The van der Waals surface area contributed by atoms with Crippen molar-refractivity contribution < 1.29 is 27.4 Å². The van der Waals surface area contributed by atoms with Crippen LogP contribution >= 0.6 is 0 Å². The molecule has 0 saturated carbocycles. The number of hydrogen-bond acceptors (Lipinski definition) is 7. The molecule has 0 atom stereocenters. The molecule has 2 heterocycles. The smallest absolute Gasteiger partial charge is 0.243 e. The van der Waals surface area contributed by atoms with Gasteiger partial charge in [-0.05, 0) is 24.6 Å². The van der Waals surface area contributed by atoms with Crippen molar-refractivity contribution in [1.29, 1.82) is 0 Å². The lowest BCUT2D eigenvalue weighted by molar-refractivity contribution is -0.132. The van der Waals surface area contributed by atoms with E-state index in [0.717, 1.165) is 24.3 Å². The minimum absolute atomic E-state index is 0.0137. The number of benzene rings is 1. The first-order valence-electron chi connectivity index (χ1n) is 11.7. The van der Waals surface area contributed by atoms with Crippen molar-refractivity contribution in [2.24, 2.45) is 0 Å². The number of sulfonamides is 1. The second-order valence-electron chi connectivity index (χ2n) is 8.21. The summed E-state index contributed by atoms with van der Waals surface area (Å²) in [5.74, 6) is 0.796. The van der Waals surface area contributed by atoms with Crippen molar-refractivity contribution in [2.45, 2.75) is 37.6 Å². The number of methoxy groups -OCH3 is 2. The Labute approximate surface area is 201 Å². The Kier molecular flexibility index (Phi) is 9.84. The zero-order chi connectivity index (χ0) is 24.6. The standard InChI is InChI=1S/C23H36N4O6S/c1-4-9-27-21-6-5-19(34(29,30)26-12-16-33-17-13-26)18-20(21)24-22(27)7-8-23(28)25(10-14-31-2)11-15-32-3/h5-6,18H,4,7-17H2,1-3H3. The molecule has 1 aromatic carbocycles. The second-order valence-corrected chi connectivity index (χ2v) is 10.2. The van der Waals surface area contributed by atoms with E-state index in [1.54, 1.807) is 31.3 Å². The molecule has 0 radical (unpaired) electrons. The summed E-state index contributed by atoms with van der Waals surface area (Å²) < 4.78 is 45.2. The number of hydrogen-bond donors (Lipinski definition) is 0. The van der Waals surface area contributed by atoms with Gasteiger partial charge in [0.25, 0.3) is 0 Å². The highest BCUT2D eigenvalue weighted by molar-refractivity contribution is 7.89. The van der Waals surface area contributed by atoms with Crippen LogP contribution in [0, 0.1) is 0 Å². The van der Waals surface area contributed by atoms with Gasteiger partial charge in [0.2, 0.25) is 15.9 Å². The summed E-state index contributed by atoms with van der Waals surface area (Å²) in [5, 5.41) is 0. The summed E-state index contributed by atoms with van der Waals surface area (Å²) in [6.45, 7) is 6.25. The normalized spacial score (nSPS) is 15.1. The number of ether oxygens (including phenoxy) is 3. The Morgan fingerprint density at radius 3 is 2.44 bits per heavy atom. The summed E-state index contributed by atoms with van der Waals surface area (Å²) in [7, 11) is -0.383. The molecule has 0 N–H and O–H groups in total. The van der Waals surface area contributed by atoms with Crippen LogP contribution in [0.2, 0.25) is 0 Å². The SMILES string of the molecule is CCCn1c(CCC(=O)N(CCOC)CCOC)nc2cc(S(=O)(=O)N3CCOCC3)ccc21. The minimum Gasteiger partial charge on any atom is -0.383 e. The zero-order valence-electron chi connectivity index (χ0n) is 20.4. The number of fused-ring (bicyclic) bond motifs is 1. The lowest BCUT2D eigenvalue weighted by Crippen LogP contribution is -2.40. The van der Waals surface area contributed by atoms with Gasteiger partial charge in [0, 0.05) is 59.8 Å². The molecule has 34 heavy (non-hydrogen) atoms. The van der Waals surface area contributed by atoms with Crippen molar-refractivity contribution in [1.82, 2.24) is 18.8 Å². The molecule has 1 saturated heterocycles. The van der Waals surface area contributed by atoms with Crippen LogP contribution in [0.5, 0.6) is 0 Å². The highest BCUT2D eigenvalue weighted by Crippen LogP contribution is 2.24. The van der Waals surface area contributed by atoms with Crippen LogP contribution in [0.3, 0.4) is 0 Å². The van der Waals surface area contributed by atoms with Gasteiger partial charge in [0.05, 0.1) is 42.4 Å². The average Bonchev–Trinajstić information content (AvgIpc) is 3.20. The third-order valence-corrected chi connectivity index (χ3v) is 7.79. The van der Waals surface area contributed by atoms with E-state index in [0.29, 0.717) is 71.0 Å². The Hall–Kier alpha value is -2.05. The quantitative estimate of drug-likeness (QED) is 0.414. The molecule has 1 amide bonds. The van der Waals surface area contributed by atoms with E-state index in [-0.39, 0.29) is 10.8 Å². The fourth-order valence-corrected chi connectivity index (χ4v) is 5.49. The van der Waals surface area contributed by atoms with Gasteiger partial charge in [-0.2, -0.15) is 4.31 Å². The first kappa shape index (κ1) is 26.6. The summed E-state index contributed by atoms with van der Waals surface area (Å²) >= 11 is 0. The van der Waals surface area contributed by atoms with Gasteiger partial charge in [-0.25, -0.2) is 13.4 Å². The first-order valence-corrected chi connectivity index (χ1v) is 13.2. The van der Waals surface area contributed by atoms with Crippen molar-refractivity contribution in [2.75, 3.05) is 66.8 Å². The third-order valence-electron chi connectivity index (χ3n) is 5.90. The van der Waals surface area contributed by atoms with Gasteiger partial charge in [-0.3, -0.25) is 4.79 Å². The first-order chi connectivity index (χ1) is 16.4. The number of aromatic nitrogens is 2. The molecule has 1 fully saturated rings. The molecule has 0 aliphatic carbocycles. The lowest BCUT2D eigenvalue weighted by atomic mass is 10.2. The van der Waals surface area contributed by atoms with Gasteiger partial charge in [-0.1, -0.05) is 6.92 Å². The van der Waals surface area contributed by atoms with Crippen molar-refractivity contribution in [3.63, 3.8) is 0 Å². The number of carbonyl (C=O) groups is 1. The molecule has 1 aliphatic rings. The summed E-state index contributed by atoms with van der Waals surface area (Å²) in [5.41, 5.74) is 1.50. The highest BCUT2D eigenvalue weighted by Gasteiger charge is 2.27. The van der Waals surface area contributed by atoms with Gasteiger partial charge < -0.3 is 23.7 Å². The molecule has 1 aliphatic heterocycles. The molecule has 1 aromatic heterocycles. The maximum Gasteiger partial charge on any atom is 0.243 e. The van der Waals surface area contributed by atoms with Crippen molar-refractivity contribution in [3.05, 3.63) is 24.0 Å². The predicted molar refractivity (Wildman–Crippen MR) is 128 cm³/mol. The molecule has 0 unspecified atom stereocenters. The van der Waals surface area contributed by atoms with Crippen LogP contribution in [-0.4, -0.2) is 99.9 Å². The summed E-state index contributed by atoms with van der Waals surface area (Å²) in [6.07, 6.45) is 1.67. The van der Waals surface area contributed by atoms with E-state index < -0.39 is 10.0 Å². The van der Waals surface area contributed by atoms with E-state index in [9.17, 15) is 13.2 Å². The molecule has 2 aromatic rings. The fraction of sp³-hybridized carbons (Fsp3) is 0.652. The topological polar surface area (TPSA) is 103 Å². The van der Waals surface area contributed by atoms with E-state index in [4.69, 9.17) is 19.2 Å². The Balaban J connectivity index is 1.81. The third kappa shape index (κ3) is 6.33. The molecule has 10 nitrogen and oxygen atoms in total. The number of aryl methyl sites for hydroxylation is 2. The molecular formula is C23H36N4O6S. The maximum absolute atomic E-state index is 13.1. The largest absolute Gasteiger partial charge is 0.383 e. The predicted octanol–water partition coefficient (Wildman–Crippen LogP) is 1.52. The molecule has 11 heteroatoms. The number of rotatable bonds is 13. The van der Waals surface area contributed by atoms with Crippen LogP contribution in [0.4, 0.5) is 0 Å². The molecule has 0 bridgehead atoms. The molecule has 190 valence electrons. The van der Waals surface area contributed by atoms with Gasteiger partial charge in [0.1, 0.15) is 5.82 Å². The van der Waals surface area contributed by atoms with Crippen LogP contribution in [-0.2, 0) is 42.0 Å². The number of carbonyl (C=O) groups excluding carboxylic acids is 1. The highest BCUT2D eigenvalue weighted by atomic mass is 32.2. The van der Waals surface area contributed by atoms with E-state index in [2.05, 4.69) is 11.5 Å². The Morgan fingerprint density at radius 1 is 1.15 bits per heavy atom. The van der Waals surface area contributed by atoms with E-state index in [1.807, 2.05) is 6.07 Å². The Bertz CT molecular complexity index is 1040. The van der Waals surface area contributed by atoms with Gasteiger partial charge >= 0.3 is 0 Å². The average molecular weight is 497 g/mol. The van der Waals surface area contributed by atoms with Crippen molar-refractivity contribution >= 4 is 27.0 Å². The number of nitrogens with zero attached hydrogens (tertiary/aromatic N) is 4. The second kappa shape index (κ2) is 12.6. The van der Waals surface area contributed by atoms with Crippen LogP contribution in [0.25, 0.3) is 11.0 Å². The number of amides is 1. The van der Waals surface area contributed by atoms with Crippen LogP contribution in [0.15, 0.2) is 23.1 Å². The summed E-state index contributed by atoms with van der Waals surface area (Å²) in [4.78, 5) is 19.6. The Morgan fingerprint density at radius 2 is 1.82 bits per heavy atom. The lowest BCUT2D eigenvalue weighted by Gasteiger charge is -2.26. The molecular weight excluding hydrogens is 460 g/mol. The molecule has 0 spiro atoms. The fourth-order valence-electron chi connectivity index (χ4n) is 4.06. The van der Waals surface area contributed by atoms with Gasteiger partial charge in [0.15, 0.2) is 0 Å². The van der Waals surface area contributed by atoms with Crippen LogP contribution < -0.4 is 0 Å². The maximum atomic E-state index is 13.1. The van der Waals surface area contributed by atoms with Crippen LogP contribution in [0.1, 0.15) is 25.6 Å². The summed E-state index contributed by atoms with van der Waals surface area (Å²) in [6, 6.07) is 5.11. The number of morpholine rings is 1. The monoisotopic (exact) mass is 496 g/mol. The van der Waals surface area contributed by atoms with Gasteiger partial charge in [-0.15, -0.1) is 0 Å². The zero-order valence-corrected chi connectivity index (χ0v) is 21.2. The van der Waals surface area contributed by atoms with E-state index >= 15 is 0 Å². The number of imidazole rings is 1. The molecule has 3 rings (SSSR count).